The van der Waals surface area contributed by atoms with Gasteiger partial charge in [-0.15, -0.1) is 0 Å². The molecule has 3 nitrogen and oxygen atoms in total. The van der Waals surface area contributed by atoms with Gasteiger partial charge in [0.1, 0.15) is 11.6 Å². The first kappa shape index (κ1) is 18.5. The van der Waals surface area contributed by atoms with Crippen LogP contribution in [0, 0.1) is 0 Å². The monoisotopic (exact) mass is 304 g/mol. The molecule has 0 heterocycles. The molecule has 124 valence electrons. The minimum absolute atomic E-state index is 0.883. The molecule has 0 atom stereocenters. The number of benzene rings is 1. The highest BCUT2D eigenvalue weighted by atomic mass is 16.5. The van der Waals surface area contributed by atoms with Crippen LogP contribution in [0.5, 0.6) is 5.75 Å². The molecule has 0 radical (unpaired) electrons. The van der Waals surface area contributed by atoms with Gasteiger partial charge >= 0.3 is 0 Å². The topological polar surface area (TPSA) is 24.8 Å². The number of nitrogens with zero attached hydrogens (tertiary/aromatic N) is 2. The van der Waals surface area contributed by atoms with Gasteiger partial charge in [-0.05, 0) is 30.7 Å². The fourth-order valence-corrected chi connectivity index (χ4v) is 2.48. The summed E-state index contributed by atoms with van der Waals surface area (Å²) in [6.07, 6.45) is 9.26. The molecule has 0 aliphatic heterocycles. The predicted octanol–water partition coefficient (Wildman–Crippen LogP) is 4.75. The molecular formula is C19H32N2O. The first-order valence-corrected chi connectivity index (χ1v) is 8.55. The minimum atomic E-state index is 0.883. The van der Waals surface area contributed by atoms with E-state index in [4.69, 9.17) is 9.73 Å². The van der Waals surface area contributed by atoms with Gasteiger partial charge in [-0.3, -0.25) is 4.99 Å². The molecule has 1 rings (SSSR count). The molecule has 0 unspecified atom stereocenters. The van der Waals surface area contributed by atoms with E-state index >= 15 is 0 Å². The van der Waals surface area contributed by atoms with Gasteiger partial charge in [0, 0.05) is 26.2 Å². The molecule has 0 spiro atoms. The molecule has 0 saturated heterocycles. The van der Waals surface area contributed by atoms with Crippen molar-refractivity contribution in [3.05, 3.63) is 29.8 Å². The Labute approximate surface area is 136 Å². The maximum absolute atomic E-state index is 5.21. The Morgan fingerprint density at radius 1 is 0.955 bits per heavy atom. The number of unbranched alkanes of at least 4 members (excludes halogenated alkanes) is 6. The third-order valence-corrected chi connectivity index (χ3v) is 3.80. The van der Waals surface area contributed by atoms with Gasteiger partial charge in [0.2, 0.25) is 0 Å². The molecule has 0 bridgehead atoms. The maximum atomic E-state index is 5.21. The van der Waals surface area contributed by atoms with Crippen LogP contribution < -0.4 is 4.74 Å². The van der Waals surface area contributed by atoms with E-state index in [9.17, 15) is 0 Å². The smallest absolute Gasteiger partial charge is 0.130 e. The fourth-order valence-electron chi connectivity index (χ4n) is 2.48. The van der Waals surface area contributed by atoms with Crippen molar-refractivity contribution in [3.63, 3.8) is 0 Å². The molecule has 1 aromatic carbocycles. The third-order valence-electron chi connectivity index (χ3n) is 3.80. The normalized spacial score (nSPS) is 11.5. The van der Waals surface area contributed by atoms with Crippen molar-refractivity contribution in [1.29, 1.82) is 0 Å². The van der Waals surface area contributed by atoms with E-state index in [2.05, 4.69) is 24.0 Å². The van der Waals surface area contributed by atoms with Gasteiger partial charge in [-0.2, -0.15) is 0 Å². The summed E-state index contributed by atoms with van der Waals surface area (Å²) in [5.74, 6) is 1.93. The number of rotatable bonds is 10. The van der Waals surface area contributed by atoms with Crippen molar-refractivity contribution >= 4 is 5.84 Å². The Kier molecular flexibility index (Phi) is 9.36. The molecule has 1 aromatic rings. The van der Waals surface area contributed by atoms with Gasteiger partial charge in [0.25, 0.3) is 0 Å². The van der Waals surface area contributed by atoms with Crippen LogP contribution in [0.25, 0.3) is 0 Å². The Hall–Kier alpha value is -1.51. The number of hydrogen-bond donors (Lipinski definition) is 0. The number of methoxy groups -OCH3 is 1. The summed E-state index contributed by atoms with van der Waals surface area (Å²) >= 11 is 0. The van der Waals surface area contributed by atoms with E-state index in [-0.39, 0.29) is 0 Å². The van der Waals surface area contributed by atoms with Crippen LogP contribution in [-0.2, 0) is 0 Å². The summed E-state index contributed by atoms with van der Waals surface area (Å²) in [5.41, 5.74) is 1.15. The first-order valence-electron chi connectivity index (χ1n) is 8.55. The standard InChI is InChI=1S/C19H32N2O/c1-5-6-7-8-9-10-11-16-20-19(21(2)3)17-12-14-18(22-4)15-13-17/h12-15H,5-11,16H2,1-4H3. The summed E-state index contributed by atoms with van der Waals surface area (Å²) in [5, 5.41) is 0. The highest BCUT2D eigenvalue weighted by Gasteiger charge is 2.05. The van der Waals surface area contributed by atoms with Crippen molar-refractivity contribution < 1.29 is 4.74 Å². The molecule has 0 saturated carbocycles. The van der Waals surface area contributed by atoms with Crippen LogP contribution in [0.3, 0.4) is 0 Å². The van der Waals surface area contributed by atoms with E-state index in [1.807, 2.05) is 26.2 Å². The van der Waals surface area contributed by atoms with Crippen LogP contribution >= 0.6 is 0 Å². The van der Waals surface area contributed by atoms with Crippen LogP contribution in [-0.4, -0.2) is 38.5 Å². The second-order valence-corrected chi connectivity index (χ2v) is 5.95. The van der Waals surface area contributed by atoms with Crippen LogP contribution in [0.4, 0.5) is 0 Å². The Bertz CT molecular complexity index is 424. The van der Waals surface area contributed by atoms with E-state index < -0.39 is 0 Å². The Balaban J connectivity index is 2.42. The van der Waals surface area contributed by atoms with Gasteiger partial charge < -0.3 is 9.64 Å². The molecule has 0 N–H and O–H groups in total. The van der Waals surface area contributed by atoms with Crippen molar-refractivity contribution in [3.8, 4) is 5.75 Å². The lowest BCUT2D eigenvalue weighted by Crippen LogP contribution is -2.23. The largest absolute Gasteiger partial charge is 0.497 e. The van der Waals surface area contributed by atoms with E-state index in [1.54, 1.807) is 7.11 Å². The van der Waals surface area contributed by atoms with Crippen molar-refractivity contribution in [1.82, 2.24) is 4.90 Å². The van der Waals surface area contributed by atoms with Crippen molar-refractivity contribution in [2.24, 2.45) is 4.99 Å². The Morgan fingerprint density at radius 3 is 2.09 bits per heavy atom. The molecule has 0 fully saturated rings. The molecular weight excluding hydrogens is 272 g/mol. The molecule has 0 aromatic heterocycles. The van der Waals surface area contributed by atoms with E-state index in [1.165, 1.54) is 44.9 Å². The molecule has 0 amide bonds. The summed E-state index contributed by atoms with van der Waals surface area (Å²) in [4.78, 5) is 6.87. The van der Waals surface area contributed by atoms with E-state index in [0.29, 0.717) is 0 Å². The quantitative estimate of drug-likeness (QED) is 0.354. The number of aliphatic imine (C=N–C) groups is 1. The minimum Gasteiger partial charge on any atom is -0.497 e. The lowest BCUT2D eigenvalue weighted by atomic mass is 10.1. The lowest BCUT2D eigenvalue weighted by molar-refractivity contribution is 0.414. The van der Waals surface area contributed by atoms with Gasteiger partial charge in [0.05, 0.1) is 7.11 Å². The molecule has 3 heteroatoms. The van der Waals surface area contributed by atoms with Crippen LogP contribution in [0.1, 0.15) is 57.4 Å². The molecule has 22 heavy (non-hydrogen) atoms. The predicted molar refractivity (Wildman–Crippen MR) is 96.1 cm³/mol. The molecule has 0 aliphatic rings. The number of hydrogen-bond acceptors (Lipinski definition) is 2. The fraction of sp³-hybridized carbons (Fsp3) is 0.632. The highest BCUT2D eigenvalue weighted by molar-refractivity contribution is 5.98. The average molecular weight is 304 g/mol. The van der Waals surface area contributed by atoms with Crippen LogP contribution in [0.2, 0.25) is 0 Å². The number of amidine groups is 1. The SMILES string of the molecule is CCCCCCCCCN=C(c1ccc(OC)cc1)N(C)C. The van der Waals surface area contributed by atoms with Gasteiger partial charge in [-0.25, -0.2) is 0 Å². The molecule has 0 aliphatic carbocycles. The highest BCUT2D eigenvalue weighted by Crippen LogP contribution is 2.13. The zero-order valence-corrected chi connectivity index (χ0v) is 14.8. The first-order chi connectivity index (χ1) is 10.7. The summed E-state index contributed by atoms with van der Waals surface area (Å²) in [6.45, 7) is 3.17. The Morgan fingerprint density at radius 2 is 1.55 bits per heavy atom. The second kappa shape index (κ2) is 11.1. The summed E-state index contributed by atoms with van der Waals surface area (Å²) in [7, 11) is 5.79. The van der Waals surface area contributed by atoms with Crippen LogP contribution in [0.15, 0.2) is 29.3 Å². The summed E-state index contributed by atoms with van der Waals surface area (Å²) in [6, 6.07) is 8.12. The maximum Gasteiger partial charge on any atom is 0.130 e. The average Bonchev–Trinajstić information content (AvgIpc) is 2.53. The van der Waals surface area contributed by atoms with Gasteiger partial charge in [-0.1, -0.05) is 45.4 Å². The lowest BCUT2D eigenvalue weighted by Gasteiger charge is -2.16. The summed E-state index contributed by atoms with van der Waals surface area (Å²) < 4.78 is 5.21. The number of ether oxygens (including phenoxy) is 1. The van der Waals surface area contributed by atoms with Crippen molar-refractivity contribution in [2.75, 3.05) is 27.7 Å². The second-order valence-electron chi connectivity index (χ2n) is 5.95. The van der Waals surface area contributed by atoms with E-state index in [0.717, 1.165) is 23.7 Å². The van der Waals surface area contributed by atoms with Gasteiger partial charge in [0.15, 0.2) is 0 Å². The zero-order chi connectivity index (χ0) is 16.2. The third kappa shape index (κ3) is 6.97. The zero-order valence-electron chi connectivity index (χ0n) is 14.8. The van der Waals surface area contributed by atoms with Crippen molar-refractivity contribution in [2.45, 2.75) is 51.9 Å².